The van der Waals surface area contributed by atoms with E-state index in [-0.39, 0.29) is 29.7 Å². The number of carbonyl (C=O) groups excluding carboxylic acids is 1. The number of hydrogen-bond acceptors (Lipinski definition) is 5. The molecule has 1 fully saturated rings. The van der Waals surface area contributed by atoms with Gasteiger partial charge in [-0.15, -0.1) is 0 Å². The van der Waals surface area contributed by atoms with Gasteiger partial charge in [0.2, 0.25) is 0 Å². The Morgan fingerprint density at radius 1 is 1.06 bits per heavy atom. The van der Waals surface area contributed by atoms with Crippen molar-refractivity contribution in [3.8, 4) is 22.6 Å². The molecule has 188 valence electrons. The highest BCUT2D eigenvalue weighted by atomic mass is 19.1. The van der Waals surface area contributed by atoms with E-state index in [0.717, 1.165) is 41.0 Å². The van der Waals surface area contributed by atoms with Crippen molar-refractivity contribution >= 4 is 11.7 Å². The number of ether oxygens (including phenoxy) is 3. The molecule has 1 aliphatic heterocycles. The SMILES string of the molecule is COC(=O)[C@@H](C)[C@H](c1ccc2c(c1)N(C)C(c1ccc(-c3cc(OC)ccc3F)cc1)CO2)C1CC1. The van der Waals surface area contributed by atoms with E-state index in [1.165, 1.54) is 13.2 Å². The number of hydrogen-bond donors (Lipinski definition) is 0. The van der Waals surface area contributed by atoms with Crippen LogP contribution in [0.25, 0.3) is 11.1 Å². The van der Waals surface area contributed by atoms with Crippen LogP contribution in [0.1, 0.15) is 42.9 Å². The molecule has 0 saturated heterocycles. The number of fused-ring (bicyclic) bond motifs is 1. The zero-order chi connectivity index (χ0) is 25.4. The summed E-state index contributed by atoms with van der Waals surface area (Å²) in [6.45, 7) is 2.48. The Labute approximate surface area is 211 Å². The predicted octanol–water partition coefficient (Wildman–Crippen LogP) is 6.37. The number of esters is 1. The van der Waals surface area contributed by atoms with Gasteiger partial charge in [-0.2, -0.15) is 0 Å². The third-order valence-corrected chi connectivity index (χ3v) is 7.63. The number of halogens is 1. The number of methoxy groups -OCH3 is 2. The summed E-state index contributed by atoms with van der Waals surface area (Å²) in [5.74, 6) is 1.45. The molecule has 0 amide bonds. The van der Waals surface area contributed by atoms with Crippen LogP contribution in [0, 0.1) is 17.7 Å². The van der Waals surface area contributed by atoms with E-state index in [9.17, 15) is 9.18 Å². The molecule has 0 spiro atoms. The average Bonchev–Trinajstić information content (AvgIpc) is 3.74. The highest BCUT2D eigenvalue weighted by Crippen LogP contribution is 2.49. The Bertz CT molecular complexity index is 1250. The highest BCUT2D eigenvalue weighted by molar-refractivity contribution is 5.74. The van der Waals surface area contributed by atoms with Crippen LogP contribution in [-0.2, 0) is 9.53 Å². The van der Waals surface area contributed by atoms with Gasteiger partial charge in [-0.25, -0.2) is 4.39 Å². The van der Waals surface area contributed by atoms with E-state index in [1.54, 1.807) is 19.2 Å². The standard InChI is InChI=1S/C30H32FNO4/c1-18(30(33)35-4)29(21-9-10-21)22-11-14-28-26(15-22)32(2)27(17-36-28)20-7-5-19(6-8-20)24-16-23(34-3)12-13-25(24)31/h5-8,11-16,18,21,27,29H,9-10,17H2,1-4H3/t18-,27?,29-/m0/s1. The molecule has 5 nitrogen and oxygen atoms in total. The molecule has 1 heterocycles. The van der Waals surface area contributed by atoms with Gasteiger partial charge in [0, 0.05) is 12.6 Å². The molecule has 2 aliphatic rings. The third kappa shape index (κ3) is 4.52. The largest absolute Gasteiger partial charge is 0.497 e. The average molecular weight is 490 g/mol. The summed E-state index contributed by atoms with van der Waals surface area (Å²) >= 11 is 0. The van der Waals surface area contributed by atoms with Crippen LogP contribution < -0.4 is 14.4 Å². The molecule has 1 unspecified atom stereocenters. The summed E-state index contributed by atoms with van der Waals surface area (Å²) in [7, 11) is 5.10. The van der Waals surface area contributed by atoms with Gasteiger partial charge in [0.05, 0.1) is 31.9 Å². The van der Waals surface area contributed by atoms with E-state index >= 15 is 0 Å². The quantitative estimate of drug-likeness (QED) is 0.361. The molecule has 3 atom stereocenters. The van der Waals surface area contributed by atoms with Crippen LogP contribution in [-0.4, -0.2) is 33.8 Å². The second-order valence-electron chi connectivity index (χ2n) is 9.81. The van der Waals surface area contributed by atoms with Crippen LogP contribution in [0.15, 0.2) is 60.7 Å². The Morgan fingerprint density at radius 3 is 2.47 bits per heavy atom. The molecule has 1 saturated carbocycles. The van der Waals surface area contributed by atoms with E-state index in [4.69, 9.17) is 14.2 Å². The van der Waals surface area contributed by atoms with Crippen molar-refractivity contribution in [2.75, 3.05) is 32.8 Å². The summed E-state index contributed by atoms with van der Waals surface area (Å²) in [5.41, 5.74) is 4.54. The number of benzene rings is 3. The Balaban J connectivity index is 1.41. The molecule has 0 N–H and O–H groups in total. The zero-order valence-corrected chi connectivity index (χ0v) is 21.2. The summed E-state index contributed by atoms with van der Waals surface area (Å²) in [6, 6.07) is 19.0. The Morgan fingerprint density at radius 2 is 1.81 bits per heavy atom. The van der Waals surface area contributed by atoms with Crippen LogP contribution in [0.5, 0.6) is 11.5 Å². The first-order valence-corrected chi connectivity index (χ1v) is 12.4. The molecule has 0 bridgehead atoms. The van der Waals surface area contributed by atoms with Gasteiger partial charge in [0.15, 0.2) is 0 Å². The lowest BCUT2D eigenvalue weighted by atomic mass is 9.83. The van der Waals surface area contributed by atoms with Crippen LogP contribution >= 0.6 is 0 Å². The molecule has 0 aromatic heterocycles. The van der Waals surface area contributed by atoms with Crippen molar-refractivity contribution < 1.29 is 23.4 Å². The van der Waals surface area contributed by atoms with E-state index < -0.39 is 0 Å². The van der Waals surface area contributed by atoms with Crippen molar-refractivity contribution in [1.82, 2.24) is 0 Å². The van der Waals surface area contributed by atoms with Crippen molar-refractivity contribution in [2.24, 2.45) is 11.8 Å². The number of anilines is 1. The summed E-state index contributed by atoms with van der Waals surface area (Å²) in [5, 5.41) is 0. The number of nitrogens with zero attached hydrogens (tertiary/aromatic N) is 1. The molecule has 5 rings (SSSR count). The van der Waals surface area contributed by atoms with Gasteiger partial charge in [-0.1, -0.05) is 37.3 Å². The van der Waals surface area contributed by atoms with Crippen LogP contribution in [0.2, 0.25) is 0 Å². The maximum absolute atomic E-state index is 14.5. The summed E-state index contributed by atoms with van der Waals surface area (Å²) < 4.78 is 30.9. The van der Waals surface area contributed by atoms with E-state index in [0.29, 0.717) is 23.8 Å². The maximum atomic E-state index is 14.5. The lowest BCUT2D eigenvalue weighted by molar-refractivity contribution is -0.145. The molecule has 3 aromatic rings. The first-order valence-electron chi connectivity index (χ1n) is 12.4. The number of rotatable bonds is 7. The van der Waals surface area contributed by atoms with E-state index in [1.807, 2.05) is 37.3 Å². The first-order chi connectivity index (χ1) is 17.4. The predicted molar refractivity (Wildman–Crippen MR) is 138 cm³/mol. The number of likely N-dealkylation sites (N-methyl/N-ethyl adjacent to an activating group) is 1. The molecular formula is C30H32FNO4. The Hall–Kier alpha value is -3.54. The van der Waals surface area contributed by atoms with E-state index in [2.05, 4.69) is 24.1 Å². The minimum absolute atomic E-state index is 0.00867. The molecule has 3 aromatic carbocycles. The van der Waals surface area contributed by atoms with Crippen molar-refractivity contribution in [3.63, 3.8) is 0 Å². The fourth-order valence-corrected chi connectivity index (χ4v) is 5.40. The zero-order valence-electron chi connectivity index (χ0n) is 21.2. The lowest BCUT2D eigenvalue weighted by Gasteiger charge is -2.37. The van der Waals surface area contributed by atoms with Gasteiger partial charge in [0.25, 0.3) is 0 Å². The topological polar surface area (TPSA) is 48.0 Å². The van der Waals surface area contributed by atoms with Crippen molar-refractivity contribution in [2.45, 2.75) is 31.7 Å². The summed E-state index contributed by atoms with van der Waals surface area (Å²) in [6.07, 6.45) is 2.27. The lowest BCUT2D eigenvalue weighted by Crippen LogP contribution is -2.33. The van der Waals surface area contributed by atoms with Crippen LogP contribution in [0.4, 0.5) is 10.1 Å². The van der Waals surface area contributed by atoms with Gasteiger partial charge >= 0.3 is 5.97 Å². The van der Waals surface area contributed by atoms with Gasteiger partial charge in [0.1, 0.15) is 23.9 Å². The van der Waals surface area contributed by atoms with Crippen LogP contribution in [0.3, 0.4) is 0 Å². The number of carbonyl (C=O) groups is 1. The third-order valence-electron chi connectivity index (χ3n) is 7.63. The minimum atomic E-state index is -0.283. The molecule has 6 heteroatoms. The minimum Gasteiger partial charge on any atom is -0.497 e. The van der Waals surface area contributed by atoms with Crippen molar-refractivity contribution in [3.05, 3.63) is 77.6 Å². The second-order valence-corrected chi connectivity index (χ2v) is 9.81. The Kier molecular flexibility index (Phi) is 6.61. The summed E-state index contributed by atoms with van der Waals surface area (Å²) in [4.78, 5) is 14.6. The molecule has 36 heavy (non-hydrogen) atoms. The van der Waals surface area contributed by atoms with Gasteiger partial charge < -0.3 is 19.1 Å². The highest BCUT2D eigenvalue weighted by Gasteiger charge is 2.40. The molecular weight excluding hydrogens is 457 g/mol. The first kappa shape index (κ1) is 24.2. The normalized spacial score (nSPS) is 18.6. The second kappa shape index (κ2) is 9.84. The smallest absolute Gasteiger partial charge is 0.309 e. The maximum Gasteiger partial charge on any atom is 0.309 e. The fraction of sp³-hybridized carbons (Fsp3) is 0.367. The molecule has 0 radical (unpaired) electrons. The van der Waals surface area contributed by atoms with Gasteiger partial charge in [-0.05, 0) is 71.7 Å². The fourth-order valence-electron chi connectivity index (χ4n) is 5.40. The monoisotopic (exact) mass is 489 g/mol. The molecule has 1 aliphatic carbocycles. The van der Waals surface area contributed by atoms with Crippen molar-refractivity contribution in [1.29, 1.82) is 0 Å². The van der Waals surface area contributed by atoms with Gasteiger partial charge in [-0.3, -0.25) is 4.79 Å².